The van der Waals surface area contributed by atoms with Crippen LogP contribution in [0.1, 0.15) is 45.4 Å². The third-order valence-corrected chi connectivity index (χ3v) is 4.64. The number of carbonyl (C=O) groups excluding carboxylic acids is 1. The van der Waals surface area contributed by atoms with Gasteiger partial charge in [-0.1, -0.05) is 6.92 Å². The Morgan fingerprint density at radius 3 is 2.33 bits per heavy atom. The van der Waals surface area contributed by atoms with Crippen LogP contribution >= 0.6 is 0 Å². The maximum absolute atomic E-state index is 11.5. The number of rotatable bonds is 2. The summed E-state index contributed by atoms with van der Waals surface area (Å²) in [6.07, 6.45) is 7.09. The van der Waals surface area contributed by atoms with Crippen molar-refractivity contribution >= 4 is 5.78 Å². The molecule has 1 aliphatic carbocycles. The number of hydrogen-bond acceptors (Lipinski definition) is 2. The van der Waals surface area contributed by atoms with Gasteiger partial charge in [-0.3, -0.25) is 9.69 Å². The van der Waals surface area contributed by atoms with Gasteiger partial charge in [0, 0.05) is 31.5 Å². The van der Waals surface area contributed by atoms with Crippen LogP contribution in [-0.4, -0.2) is 29.3 Å². The van der Waals surface area contributed by atoms with Crippen molar-refractivity contribution in [1.29, 1.82) is 0 Å². The van der Waals surface area contributed by atoms with Crippen LogP contribution < -0.4 is 0 Å². The lowest BCUT2D eigenvalue weighted by Gasteiger charge is -2.41. The van der Waals surface area contributed by atoms with Gasteiger partial charge in [-0.15, -0.1) is 0 Å². The first-order valence-electron chi connectivity index (χ1n) is 6.50. The normalized spacial score (nSPS) is 45.5. The second kappa shape index (κ2) is 3.58. The van der Waals surface area contributed by atoms with E-state index in [1.54, 1.807) is 0 Å². The molecule has 2 bridgehead atoms. The van der Waals surface area contributed by atoms with Crippen LogP contribution in [0.15, 0.2) is 0 Å². The molecule has 0 spiro atoms. The van der Waals surface area contributed by atoms with Gasteiger partial charge in [0.2, 0.25) is 0 Å². The molecule has 0 aromatic carbocycles. The van der Waals surface area contributed by atoms with Crippen molar-refractivity contribution in [2.75, 3.05) is 6.54 Å². The van der Waals surface area contributed by atoms with Gasteiger partial charge >= 0.3 is 0 Å². The van der Waals surface area contributed by atoms with E-state index in [1.165, 1.54) is 32.2 Å². The van der Waals surface area contributed by atoms with Gasteiger partial charge in [-0.25, -0.2) is 0 Å². The van der Waals surface area contributed by atoms with E-state index in [0.29, 0.717) is 17.9 Å². The number of fused-ring (bicyclic) bond motifs is 2. The highest BCUT2D eigenvalue weighted by molar-refractivity contribution is 5.80. The molecule has 84 valence electrons. The van der Waals surface area contributed by atoms with Crippen molar-refractivity contribution in [2.45, 2.75) is 57.5 Å². The maximum atomic E-state index is 11.5. The lowest BCUT2D eigenvalue weighted by molar-refractivity contribution is -0.124. The van der Waals surface area contributed by atoms with Gasteiger partial charge < -0.3 is 0 Å². The zero-order valence-corrected chi connectivity index (χ0v) is 9.61. The van der Waals surface area contributed by atoms with Gasteiger partial charge in [-0.2, -0.15) is 0 Å². The fourth-order valence-electron chi connectivity index (χ4n) is 3.88. The molecule has 0 aromatic rings. The highest BCUT2D eigenvalue weighted by Gasteiger charge is 2.41. The first-order valence-corrected chi connectivity index (χ1v) is 6.50. The standard InChI is InChI=1S/C13H21NO/c1-9-4-10(5-9)8-14-11-2-3-12(14)7-13(15)6-11/h9-12H,2-8H2,1H3. The summed E-state index contributed by atoms with van der Waals surface area (Å²) in [6.45, 7) is 3.64. The maximum Gasteiger partial charge on any atom is 0.136 e. The number of nitrogens with zero attached hydrogens (tertiary/aromatic N) is 1. The molecule has 0 radical (unpaired) electrons. The van der Waals surface area contributed by atoms with Crippen LogP contribution in [0.25, 0.3) is 0 Å². The van der Waals surface area contributed by atoms with Crippen molar-refractivity contribution in [3.63, 3.8) is 0 Å². The molecule has 0 N–H and O–H groups in total. The Hall–Kier alpha value is -0.370. The van der Waals surface area contributed by atoms with E-state index < -0.39 is 0 Å². The Balaban J connectivity index is 1.60. The molecule has 2 saturated heterocycles. The van der Waals surface area contributed by atoms with E-state index in [0.717, 1.165) is 24.7 Å². The zero-order chi connectivity index (χ0) is 10.4. The molecule has 2 unspecified atom stereocenters. The minimum absolute atomic E-state index is 0.515. The number of carbonyl (C=O) groups is 1. The summed E-state index contributed by atoms with van der Waals surface area (Å²) >= 11 is 0. The SMILES string of the molecule is CC1CC(CN2C3CCC2CC(=O)C3)C1. The van der Waals surface area contributed by atoms with E-state index in [-0.39, 0.29) is 0 Å². The average Bonchev–Trinajstić information content (AvgIpc) is 2.39. The molecule has 3 fully saturated rings. The Morgan fingerprint density at radius 2 is 1.80 bits per heavy atom. The molecule has 2 heteroatoms. The van der Waals surface area contributed by atoms with Crippen molar-refractivity contribution in [3.8, 4) is 0 Å². The molecule has 2 aliphatic heterocycles. The number of ketones is 1. The molecule has 2 heterocycles. The predicted octanol–water partition coefficient (Wildman–Crippen LogP) is 2.23. The summed E-state index contributed by atoms with van der Waals surface area (Å²) in [5.41, 5.74) is 0. The predicted molar refractivity (Wildman–Crippen MR) is 59.6 cm³/mol. The Kier molecular flexibility index (Phi) is 2.35. The largest absolute Gasteiger partial charge is 0.300 e. The van der Waals surface area contributed by atoms with E-state index in [1.807, 2.05) is 0 Å². The van der Waals surface area contributed by atoms with Crippen LogP contribution in [0.2, 0.25) is 0 Å². The molecule has 15 heavy (non-hydrogen) atoms. The lowest BCUT2D eigenvalue weighted by Crippen LogP contribution is -2.47. The summed E-state index contributed by atoms with van der Waals surface area (Å²) in [6, 6.07) is 1.24. The topological polar surface area (TPSA) is 20.3 Å². The highest BCUT2D eigenvalue weighted by atomic mass is 16.1. The van der Waals surface area contributed by atoms with Crippen LogP contribution in [0.4, 0.5) is 0 Å². The van der Waals surface area contributed by atoms with Gasteiger partial charge in [0.25, 0.3) is 0 Å². The minimum Gasteiger partial charge on any atom is -0.300 e. The van der Waals surface area contributed by atoms with Gasteiger partial charge in [0.1, 0.15) is 5.78 Å². The molecule has 0 aromatic heterocycles. The van der Waals surface area contributed by atoms with Crippen molar-refractivity contribution in [3.05, 3.63) is 0 Å². The number of Topliss-reactive ketones (excluding diaryl/α,β-unsaturated/α-hetero) is 1. The molecular weight excluding hydrogens is 186 g/mol. The Morgan fingerprint density at radius 1 is 1.20 bits per heavy atom. The van der Waals surface area contributed by atoms with E-state index in [9.17, 15) is 4.79 Å². The minimum atomic E-state index is 0.515. The summed E-state index contributed by atoms with van der Waals surface area (Å²) in [5.74, 6) is 2.41. The first-order chi connectivity index (χ1) is 7.22. The van der Waals surface area contributed by atoms with Crippen molar-refractivity contribution < 1.29 is 4.79 Å². The molecule has 3 rings (SSSR count). The quantitative estimate of drug-likeness (QED) is 0.692. The smallest absolute Gasteiger partial charge is 0.136 e. The van der Waals surface area contributed by atoms with Gasteiger partial charge in [0.05, 0.1) is 0 Å². The van der Waals surface area contributed by atoms with E-state index in [2.05, 4.69) is 11.8 Å². The van der Waals surface area contributed by atoms with Gasteiger partial charge in [0.15, 0.2) is 0 Å². The summed E-state index contributed by atoms with van der Waals surface area (Å²) in [7, 11) is 0. The zero-order valence-electron chi connectivity index (χ0n) is 9.61. The third kappa shape index (κ3) is 1.73. The van der Waals surface area contributed by atoms with E-state index in [4.69, 9.17) is 0 Å². The summed E-state index contributed by atoms with van der Waals surface area (Å²) in [4.78, 5) is 14.1. The third-order valence-electron chi connectivity index (χ3n) is 4.64. The molecule has 2 nitrogen and oxygen atoms in total. The van der Waals surface area contributed by atoms with Gasteiger partial charge in [-0.05, 0) is 37.5 Å². The van der Waals surface area contributed by atoms with Crippen LogP contribution in [0.5, 0.6) is 0 Å². The van der Waals surface area contributed by atoms with Crippen LogP contribution in [0, 0.1) is 11.8 Å². The van der Waals surface area contributed by atoms with Crippen LogP contribution in [0.3, 0.4) is 0 Å². The molecule has 2 atom stereocenters. The summed E-state index contributed by atoms with van der Waals surface area (Å²) in [5, 5.41) is 0. The Bertz CT molecular complexity index is 254. The number of hydrogen-bond donors (Lipinski definition) is 0. The van der Waals surface area contributed by atoms with Crippen LogP contribution in [-0.2, 0) is 4.79 Å². The fourth-order valence-corrected chi connectivity index (χ4v) is 3.88. The highest BCUT2D eigenvalue weighted by Crippen LogP contribution is 2.39. The van der Waals surface area contributed by atoms with E-state index >= 15 is 0 Å². The molecule has 1 saturated carbocycles. The first kappa shape index (κ1) is 9.83. The summed E-state index contributed by atoms with van der Waals surface area (Å²) < 4.78 is 0. The van der Waals surface area contributed by atoms with Crippen molar-refractivity contribution in [1.82, 2.24) is 4.90 Å². The average molecular weight is 207 g/mol. The fraction of sp³-hybridized carbons (Fsp3) is 0.923. The molecule has 0 amide bonds. The second-order valence-corrected chi connectivity index (χ2v) is 5.97. The molecular formula is C13H21NO. The second-order valence-electron chi connectivity index (χ2n) is 5.97. The van der Waals surface area contributed by atoms with Crippen molar-refractivity contribution in [2.24, 2.45) is 11.8 Å². The number of piperidine rings is 1. The lowest BCUT2D eigenvalue weighted by atomic mass is 9.75. The monoisotopic (exact) mass is 207 g/mol. The Labute approximate surface area is 92.0 Å². The molecule has 3 aliphatic rings.